The first-order chi connectivity index (χ1) is 11.7. The van der Waals surface area contributed by atoms with Gasteiger partial charge >= 0.3 is 6.03 Å². The number of aryl methyl sites for hydroxylation is 1. The van der Waals surface area contributed by atoms with Crippen LogP contribution < -0.4 is 21.1 Å². The zero-order chi connectivity index (χ0) is 16.9. The van der Waals surface area contributed by atoms with Crippen molar-refractivity contribution in [2.24, 2.45) is 0 Å². The average molecular weight is 349 g/mol. The smallest absolute Gasteiger partial charge is 0.320 e. The van der Waals surface area contributed by atoms with E-state index in [0.29, 0.717) is 30.5 Å². The van der Waals surface area contributed by atoms with Gasteiger partial charge in [-0.1, -0.05) is 4.49 Å². The summed E-state index contributed by atoms with van der Waals surface area (Å²) in [6, 6.07) is -0.190. The standard InChI is InChI=1S/C14H19N7O2S/c1-2-20-8-5-15-12(13(20)22)21-6-3-10(4-7-21)17-14(23)18-11-9-16-19-24-11/h5,8-10H,2-4,6-7H2,1H3,(H2,17,18,23). The minimum absolute atomic E-state index is 0.0677. The molecule has 9 nitrogen and oxygen atoms in total. The van der Waals surface area contributed by atoms with Crippen molar-refractivity contribution in [3.63, 3.8) is 0 Å². The predicted molar refractivity (Wildman–Crippen MR) is 91.5 cm³/mol. The van der Waals surface area contributed by atoms with Crippen LogP contribution in [0.1, 0.15) is 19.8 Å². The number of carbonyl (C=O) groups excluding carboxylic acids is 1. The summed E-state index contributed by atoms with van der Waals surface area (Å²) in [5, 5.41) is 9.92. The van der Waals surface area contributed by atoms with Crippen LogP contribution in [0.3, 0.4) is 0 Å². The van der Waals surface area contributed by atoms with Gasteiger partial charge in [-0.25, -0.2) is 9.78 Å². The van der Waals surface area contributed by atoms with E-state index in [0.717, 1.165) is 24.4 Å². The number of hydrogen-bond acceptors (Lipinski definition) is 7. The highest BCUT2D eigenvalue weighted by atomic mass is 32.1. The molecule has 1 aliphatic rings. The second kappa shape index (κ2) is 7.39. The van der Waals surface area contributed by atoms with Crippen LogP contribution >= 0.6 is 11.5 Å². The molecule has 2 amide bonds. The van der Waals surface area contributed by atoms with E-state index in [-0.39, 0.29) is 17.6 Å². The van der Waals surface area contributed by atoms with Gasteiger partial charge in [0.05, 0.1) is 6.20 Å². The molecule has 2 aromatic heterocycles. The third-order valence-electron chi connectivity index (χ3n) is 3.96. The number of aromatic nitrogens is 4. The van der Waals surface area contributed by atoms with Crippen molar-refractivity contribution in [2.75, 3.05) is 23.3 Å². The highest BCUT2D eigenvalue weighted by molar-refractivity contribution is 7.10. The van der Waals surface area contributed by atoms with E-state index in [1.165, 1.54) is 6.20 Å². The Morgan fingerprint density at radius 1 is 1.42 bits per heavy atom. The summed E-state index contributed by atoms with van der Waals surface area (Å²) in [4.78, 5) is 30.4. The molecule has 0 unspecified atom stereocenters. The van der Waals surface area contributed by atoms with E-state index < -0.39 is 0 Å². The lowest BCUT2D eigenvalue weighted by Gasteiger charge is -2.32. The van der Waals surface area contributed by atoms with Gasteiger partial charge in [-0.05, 0) is 19.8 Å². The van der Waals surface area contributed by atoms with Crippen molar-refractivity contribution in [3.05, 3.63) is 28.9 Å². The van der Waals surface area contributed by atoms with E-state index in [1.807, 2.05) is 11.8 Å². The normalized spacial score (nSPS) is 15.3. The molecule has 2 aromatic rings. The molecule has 0 saturated carbocycles. The minimum atomic E-state index is -0.259. The first kappa shape index (κ1) is 16.4. The molecular weight excluding hydrogens is 330 g/mol. The molecule has 0 atom stereocenters. The summed E-state index contributed by atoms with van der Waals surface area (Å²) in [6.45, 7) is 3.92. The molecule has 0 radical (unpaired) electrons. The average Bonchev–Trinajstić information content (AvgIpc) is 3.09. The molecule has 10 heteroatoms. The molecule has 3 rings (SSSR count). The summed E-state index contributed by atoms with van der Waals surface area (Å²) in [7, 11) is 0. The number of urea groups is 1. The molecule has 128 valence electrons. The van der Waals surface area contributed by atoms with Gasteiger partial charge in [-0.15, -0.1) is 5.10 Å². The highest BCUT2D eigenvalue weighted by Crippen LogP contribution is 2.15. The largest absolute Gasteiger partial charge is 0.352 e. The topological polar surface area (TPSA) is 105 Å². The number of rotatable bonds is 4. The number of hydrogen-bond donors (Lipinski definition) is 2. The van der Waals surface area contributed by atoms with Gasteiger partial charge in [0.2, 0.25) is 0 Å². The van der Waals surface area contributed by atoms with Gasteiger partial charge in [0, 0.05) is 49.6 Å². The van der Waals surface area contributed by atoms with Gasteiger partial charge in [0.25, 0.3) is 5.56 Å². The van der Waals surface area contributed by atoms with Crippen molar-refractivity contribution >= 4 is 28.4 Å². The molecule has 2 N–H and O–H groups in total. The molecule has 1 aliphatic heterocycles. The third kappa shape index (κ3) is 3.70. The van der Waals surface area contributed by atoms with Crippen LogP contribution in [0, 0.1) is 0 Å². The fourth-order valence-corrected chi connectivity index (χ4v) is 3.11. The SMILES string of the molecule is CCn1ccnc(N2CCC(NC(=O)Nc3cnns3)CC2)c1=O. The Hall–Kier alpha value is -2.49. The Balaban J connectivity index is 1.54. The number of anilines is 2. The molecule has 0 bridgehead atoms. The minimum Gasteiger partial charge on any atom is -0.352 e. The van der Waals surface area contributed by atoms with Crippen LogP contribution in [-0.2, 0) is 6.54 Å². The maximum absolute atomic E-state index is 12.3. The Morgan fingerprint density at radius 3 is 2.88 bits per heavy atom. The monoisotopic (exact) mass is 349 g/mol. The second-order valence-corrected chi connectivity index (χ2v) is 6.27. The quantitative estimate of drug-likeness (QED) is 0.850. The van der Waals surface area contributed by atoms with Crippen molar-refractivity contribution in [3.8, 4) is 0 Å². The number of carbonyl (C=O) groups is 1. The van der Waals surface area contributed by atoms with Crippen LogP contribution in [0.5, 0.6) is 0 Å². The number of nitrogens with one attached hydrogen (secondary N) is 2. The molecule has 0 aromatic carbocycles. The Bertz CT molecular complexity index is 738. The van der Waals surface area contributed by atoms with Crippen LogP contribution in [0.25, 0.3) is 0 Å². The van der Waals surface area contributed by atoms with E-state index in [1.54, 1.807) is 17.0 Å². The van der Waals surface area contributed by atoms with Crippen molar-refractivity contribution < 1.29 is 4.79 Å². The first-order valence-corrected chi connectivity index (χ1v) is 8.60. The second-order valence-electron chi connectivity index (χ2n) is 5.48. The van der Waals surface area contributed by atoms with Crippen LogP contribution in [0.2, 0.25) is 0 Å². The number of piperidine rings is 1. The molecule has 0 aliphatic carbocycles. The number of amides is 2. The number of nitrogens with zero attached hydrogens (tertiary/aromatic N) is 5. The van der Waals surface area contributed by atoms with Gasteiger partial charge < -0.3 is 14.8 Å². The Morgan fingerprint density at radius 2 is 2.21 bits per heavy atom. The first-order valence-electron chi connectivity index (χ1n) is 7.82. The van der Waals surface area contributed by atoms with E-state index in [2.05, 4.69) is 25.2 Å². The molecule has 24 heavy (non-hydrogen) atoms. The van der Waals surface area contributed by atoms with Crippen molar-refractivity contribution in [1.82, 2.24) is 24.5 Å². The van der Waals surface area contributed by atoms with Crippen molar-refractivity contribution in [2.45, 2.75) is 32.4 Å². The lowest BCUT2D eigenvalue weighted by molar-refractivity contribution is 0.246. The maximum atomic E-state index is 12.3. The zero-order valence-electron chi connectivity index (χ0n) is 13.3. The molecular formula is C14H19N7O2S. The summed E-state index contributed by atoms with van der Waals surface area (Å²) < 4.78 is 5.33. The molecule has 3 heterocycles. The van der Waals surface area contributed by atoms with Gasteiger partial charge in [-0.3, -0.25) is 10.1 Å². The van der Waals surface area contributed by atoms with Gasteiger partial charge in [-0.2, -0.15) is 0 Å². The van der Waals surface area contributed by atoms with Crippen molar-refractivity contribution in [1.29, 1.82) is 0 Å². The van der Waals surface area contributed by atoms with E-state index in [4.69, 9.17) is 0 Å². The van der Waals surface area contributed by atoms with Crippen LogP contribution in [0.4, 0.5) is 15.6 Å². The summed E-state index contributed by atoms with van der Waals surface area (Å²) in [5.74, 6) is 0.484. The summed E-state index contributed by atoms with van der Waals surface area (Å²) in [6.07, 6.45) is 6.37. The fraction of sp³-hybridized carbons (Fsp3) is 0.500. The fourth-order valence-electron chi connectivity index (χ4n) is 2.69. The summed E-state index contributed by atoms with van der Waals surface area (Å²) in [5.41, 5.74) is -0.0677. The summed E-state index contributed by atoms with van der Waals surface area (Å²) >= 11 is 1.13. The lowest BCUT2D eigenvalue weighted by Crippen LogP contribution is -2.47. The molecule has 1 saturated heterocycles. The Kier molecular flexibility index (Phi) is 5.04. The Labute approximate surface area is 142 Å². The predicted octanol–water partition coefficient (Wildman–Crippen LogP) is 0.905. The highest BCUT2D eigenvalue weighted by Gasteiger charge is 2.23. The molecule has 1 fully saturated rings. The third-order valence-corrected chi connectivity index (χ3v) is 4.54. The maximum Gasteiger partial charge on any atom is 0.320 e. The van der Waals surface area contributed by atoms with E-state index in [9.17, 15) is 9.59 Å². The van der Waals surface area contributed by atoms with Gasteiger partial charge in [0.1, 0.15) is 5.00 Å². The molecule has 0 spiro atoms. The van der Waals surface area contributed by atoms with Gasteiger partial charge in [0.15, 0.2) is 5.82 Å². The van der Waals surface area contributed by atoms with E-state index >= 15 is 0 Å². The van der Waals surface area contributed by atoms with Crippen LogP contribution in [-0.4, -0.2) is 44.3 Å². The zero-order valence-corrected chi connectivity index (χ0v) is 14.1. The lowest BCUT2D eigenvalue weighted by atomic mass is 10.1. The van der Waals surface area contributed by atoms with Crippen LogP contribution in [0.15, 0.2) is 23.4 Å².